The summed E-state index contributed by atoms with van der Waals surface area (Å²) in [7, 11) is 0. The molecule has 20 heavy (non-hydrogen) atoms. The highest BCUT2D eigenvalue weighted by Crippen LogP contribution is 2.22. The minimum Gasteiger partial charge on any atom is -0.321 e. The molecule has 108 valence electrons. The van der Waals surface area contributed by atoms with Crippen LogP contribution in [0.5, 0.6) is 0 Å². The topological polar surface area (TPSA) is 56.7 Å². The van der Waals surface area contributed by atoms with Crippen LogP contribution in [-0.4, -0.2) is 14.8 Å². The molecule has 0 aliphatic rings. The highest BCUT2D eigenvalue weighted by atomic mass is 19.1. The third kappa shape index (κ3) is 3.42. The third-order valence-electron chi connectivity index (χ3n) is 3.24. The fourth-order valence-electron chi connectivity index (χ4n) is 2.20. The first-order valence-corrected chi connectivity index (χ1v) is 6.80. The van der Waals surface area contributed by atoms with E-state index in [1.807, 2.05) is 17.7 Å². The van der Waals surface area contributed by atoms with Gasteiger partial charge < -0.3 is 5.73 Å². The van der Waals surface area contributed by atoms with E-state index in [1.165, 1.54) is 12.1 Å². The molecule has 0 saturated heterocycles. The highest BCUT2D eigenvalue weighted by molar-refractivity contribution is 5.25. The first-order valence-electron chi connectivity index (χ1n) is 6.80. The number of benzene rings is 1. The summed E-state index contributed by atoms with van der Waals surface area (Å²) < 4.78 is 15.2. The van der Waals surface area contributed by atoms with E-state index in [2.05, 4.69) is 23.9 Å². The molecule has 0 amide bonds. The van der Waals surface area contributed by atoms with Gasteiger partial charge in [-0.05, 0) is 30.5 Å². The molecular weight excluding hydrogens is 255 g/mol. The van der Waals surface area contributed by atoms with Crippen molar-refractivity contribution in [2.24, 2.45) is 11.7 Å². The SMILES string of the molecule is CC(C)Cn1ncnc1CC(C)(N)c1cccc(F)c1. The van der Waals surface area contributed by atoms with E-state index in [0.29, 0.717) is 12.3 Å². The van der Waals surface area contributed by atoms with E-state index < -0.39 is 5.54 Å². The molecule has 2 rings (SSSR count). The lowest BCUT2D eigenvalue weighted by molar-refractivity contribution is 0.421. The summed E-state index contributed by atoms with van der Waals surface area (Å²) in [6, 6.07) is 6.41. The number of halogens is 1. The fraction of sp³-hybridized carbons (Fsp3) is 0.467. The summed E-state index contributed by atoms with van der Waals surface area (Å²) in [5, 5.41) is 4.23. The molecule has 2 aromatic rings. The Hall–Kier alpha value is -1.75. The fourth-order valence-corrected chi connectivity index (χ4v) is 2.20. The molecule has 1 heterocycles. The van der Waals surface area contributed by atoms with Gasteiger partial charge >= 0.3 is 0 Å². The van der Waals surface area contributed by atoms with Crippen molar-refractivity contribution in [2.45, 2.75) is 39.3 Å². The summed E-state index contributed by atoms with van der Waals surface area (Å²) in [6.07, 6.45) is 2.06. The Morgan fingerprint density at radius 2 is 2.15 bits per heavy atom. The van der Waals surface area contributed by atoms with Gasteiger partial charge in [-0.25, -0.2) is 14.1 Å². The van der Waals surface area contributed by atoms with Crippen molar-refractivity contribution >= 4 is 0 Å². The summed E-state index contributed by atoms with van der Waals surface area (Å²) >= 11 is 0. The molecule has 0 spiro atoms. The van der Waals surface area contributed by atoms with Crippen LogP contribution in [0.4, 0.5) is 4.39 Å². The van der Waals surface area contributed by atoms with Crippen molar-refractivity contribution in [2.75, 3.05) is 0 Å². The van der Waals surface area contributed by atoms with Crippen LogP contribution < -0.4 is 5.73 Å². The van der Waals surface area contributed by atoms with Gasteiger partial charge in [-0.15, -0.1) is 0 Å². The second-order valence-electron chi connectivity index (χ2n) is 5.86. The average molecular weight is 276 g/mol. The molecule has 5 heteroatoms. The van der Waals surface area contributed by atoms with Crippen LogP contribution in [0.15, 0.2) is 30.6 Å². The first-order chi connectivity index (χ1) is 9.38. The normalized spacial score (nSPS) is 14.5. The molecule has 0 saturated carbocycles. The van der Waals surface area contributed by atoms with E-state index in [0.717, 1.165) is 17.9 Å². The quantitative estimate of drug-likeness (QED) is 0.912. The van der Waals surface area contributed by atoms with Crippen molar-refractivity contribution in [1.29, 1.82) is 0 Å². The number of nitrogens with zero attached hydrogens (tertiary/aromatic N) is 3. The minimum absolute atomic E-state index is 0.275. The Balaban J connectivity index is 2.22. The van der Waals surface area contributed by atoms with Crippen LogP contribution in [0.3, 0.4) is 0 Å². The zero-order valence-electron chi connectivity index (χ0n) is 12.2. The predicted octanol–water partition coefficient (Wildman–Crippen LogP) is 2.49. The molecule has 0 bridgehead atoms. The standard InChI is InChI=1S/C15H21FN4/c1-11(2)9-20-14(18-10-19-20)8-15(3,17)12-5-4-6-13(16)7-12/h4-7,10-11H,8-9,17H2,1-3H3. The van der Waals surface area contributed by atoms with Crippen LogP contribution in [0.1, 0.15) is 32.2 Å². The lowest BCUT2D eigenvalue weighted by Crippen LogP contribution is -2.36. The van der Waals surface area contributed by atoms with Crippen LogP contribution in [-0.2, 0) is 18.5 Å². The maximum Gasteiger partial charge on any atom is 0.138 e. The molecular formula is C15H21FN4. The van der Waals surface area contributed by atoms with Gasteiger partial charge in [-0.3, -0.25) is 0 Å². The van der Waals surface area contributed by atoms with Crippen LogP contribution in [0.2, 0.25) is 0 Å². The van der Waals surface area contributed by atoms with Crippen molar-refractivity contribution in [1.82, 2.24) is 14.8 Å². The molecule has 2 N–H and O–H groups in total. The van der Waals surface area contributed by atoms with Gasteiger partial charge in [-0.2, -0.15) is 5.10 Å². The van der Waals surface area contributed by atoms with Gasteiger partial charge in [0.25, 0.3) is 0 Å². The molecule has 0 fully saturated rings. The summed E-state index contributed by atoms with van der Waals surface area (Å²) in [5.41, 5.74) is 6.43. The molecule has 1 unspecified atom stereocenters. The Bertz CT molecular complexity index is 575. The summed E-state index contributed by atoms with van der Waals surface area (Å²) in [4.78, 5) is 4.28. The smallest absolute Gasteiger partial charge is 0.138 e. The molecule has 1 aromatic heterocycles. The van der Waals surface area contributed by atoms with Gasteiger partial charge in [0, 0.05) is 18.5 Å². The van der Waals surface area contributed by atoms with E-state index in [-0.39, 0.29) is 5.82 Å². The third-order valence-corrected chi connectivity index (χ3v) is 3.24. The molecule has 0 aliphatic heterocycles. The van der Waals surface area contributed by atoms with Crippen LogP contribution >= 0.6 is 0 Å². The molecule has 4 nitrogen and oxygen atoms in total. The van der Waals surface area contributed by atoms with Gasteiger partial charge in [0.15, 0.2) is 0 Å². The van der Waals surface area contributed by atoms with Gasteiger partial charge in [0.2, 0.25) is 0 Å². The highest BCUT2D eigenvalue weighted by Gasteiger charge is 2.25. The first kappa shape index (κ1) is 14.7. The van der Waals surface area contributed by atoms with E-state index >= 15 is 0 Å². The average Bonchev–Trinajstić information content (AvgIpc) is 2.75. The Labute approximate surface area is 118 Å². The summed E-state index contributed by atoms with van der Waals surface area (Å²) in [6.45, 7) is 6.93. The number of nitrogens with two attached hydrogens (primary N) is 1. The number of aromatic nitrogens is 3. The second-order valence-corrected chi connectivity index (χ2v) is 5.86. The van der Waals surface area contributed by atoms with Gasteiger partial charge in [0.05, 0.1) is 0 Å². The molecule has 0 aliphatic carbocycles. The second kappa shape index (κ2) is 5.71. The lowest BCUT2D eigenvalue weighted by atomic mass is 9.89. The Morgan fingerprint density at radius 1 is 1.40 bits per heavy atom. The minimum atomic E-state index is -0.677. The van der Waals surface area contributed by atoms with E-state index in [4.69, 9.17) is 5.73 Å². The summed E-state index contributed by atoms with van der Waals surface area (Å²) in [5.74, 6) is 1.03. The number of hydrogen-bond acceptors (Lipinski definition) is 3. The van der Waals surface area contributed by atoms with Crippen molar-refractivity contribution < 1.29 is 4.39 Å². The van der Waals surface area contributed by atoms with E-state index in [1.54, 1.807) is 12.4 Å². The van der Waals surface area contributed by atoms with Gasteiger partial charge in [0.1, 0.15) is 18.0 Å². The maximum absolute atomic E-state index is 13.3. The van der Waals surface area contributed by atoms with Crippen molar-refractivity contribution in [3.63, 3.8) is 0 Å². The van der Waals surface area contributed by atoms with E-state index in [9.17, 15) is 4.39 Å². The zero-order chi connectivity index (χ0) is 14.8. The van der Waals surface area contributed by atoms with Crippen LogP contribution in [0, 0.1) is 11.7 Å². The van der Waals surface area contributed by atoms with Crippen LogP contribution in [0.25, 0.3) is 0 Å². The number of hydrogen-bond donors (Lipinski definition) is 1. The van der Waals surface area contributed by atoms with Crippen molar-refractivity contribution in [3.05, 3.63) is 47.8 Å². The Morgan fingerprint density at radius 3 is 2.80 bits per heavy atom. The Kier molecular flexibility index (Phi) is 4.18. The van der Waals surface area contributed by atoms with Crippen molar-refractivity contribution in [3.8, 4) is 0 Å². The van der Waals surface area contributed by atoms with Gasteiger partial charge in [-0.1, -0.05) is 26.0 Å². The monoisotopic (exact) mass is 276 g/mol. The molecule has 0 radical (unpaired) electrons. The number of rotatable bonds is 5. The maximum atomic E-state index is 13.3. The molecule has 1 atom stereocenters. The lowest BCUT2D eigenvalue weighted by Gasteiger charge is -2.25. The predicted molar refractivity (Wildman–Crippen MR) is 76.5 cm³/mol. The zero-order valence-corrected chi connectivity index (χ0v) is 12.2. The largest absolute Gasteiger partial charge is 0.321 e. The molecule has 1 aromatic carbocycles.